The Morgan fingerprint density at radius 1 is 1.18 bits per heavy atom. The van der Waals surface area contributed by atoms with Crippen molar-refractivity contribution in [2.75, 3.05) is 5.32 Å². The van der Waals surface area contributed by atoms with Crippen molar-refractivity contribution in [3.05, 3.63) is 65.5 Å². The van der Waals surface area contributed by atoms with E-state index < -0.39 is 0 Å². The molecule has 1 aromatic carbocycles. The number of rotatable bonds is 7. The summed E-state index contributed by atoms with van der Waals surface area (Å²) in [7, 11) is 1.80. The Labute approximate surface area is 192 Å². The van der Waals surface area contributed by atoms with Gasteiger partial charge in [0, 0.05) is 25.2 Å². The summed E-state index contributed by atoms with van der Waals surface area (Å²) >= 11 is 0. The molecular formula is C25H27N5O3. The van der Waals surface area contributed by atoms with E-state index in [1.54, 1.807) is 36.2 Å². The molecule has 4 rings (SSSR count). The van der Waals surface area contributed by atoms with Crippen molar-refractivity contribution >= 4 is 28.5 Å². The number of nitrogens with one attached hydrogen (secondary N) is 2. The van der Waals surface area contributed by atoms with Gasteiger partial charge >= 0.3 is 0 Å². The predicted molar refractivity (Wildman–Crippen MR) is 127 cm³/mol. The van der Waals surface area contributed by atoms with Crippen molar-refractivity contribution in [1.29, 1.82) is 0 Å². The molecule has 2 amide bonds. The van der Waals surface area contributed by atoms with Gasteiger partial charge in [0.25, 0.3) is 5.91 Å². The molecule has 3 heterocycles. The van der Waals surface area contributed by atoms with Crippen molar-refractivity contribution in [3.63, 3.8) is 0 Å². The zero-order valence-electron chi connectivity index (χ0n) is 19.2. The Morgan fingerprint density at radius 3 is 2.73 bits per heavy atom. The minimum Gasteiger partial charge on any atom is -0.463 e. The van der Waals surface area contributed by atoms with E-state index in [-0.39, 0.29) is 17.7 Å². The minimum absolute atomic E-state index is 0.0182. The molecule has 0 bridgehead atoms. The molecule has 4 aromatic rings. The average Bonchev–Trinajstić information content (AvgIpc) is 3.45. The Morgan fingerprint density at radius 2 is 2.00 bits per heavy atom. The van der Waals surface area contributed by atoms with Crippen LogP contribution in [0.3, 0.4) is 0 Å². The van der Waals surface area contributed by atoms with Crippen LogP contribution in [0.5, 0.6) is 0 Å². The topological polar surface area (TPSA) is 102 Å². The molecule has 0 aliphatic rings. The van der Waals surface area contributed by atoms with Crippen LogP contribution < -0.4 is 10.6 Å². The maximum atomic E-state index is 13.2. The number of carbonyl (C=O) groups is 2. The van der Waals surface area contributed by atoms with Crippen LogP contribution in [0.2, 0.25) is 0 Å². The van der Waals surface area contributed by atoms with Crippen LogP contribution >= 0.6 is 0 Å². The van der Waals surface area contributed by atoms with E-state index in [4.69, 9.17) is 4.42 Å². The fourth-order valence-corrected chi connectivity index (χ4v) is 3.66. The van der Waals surface area contributed by atoms with E-state index in [0.29, 0.717) is 40.3 Å². The van der Waals surface area contributed by atoms with E-state index in [1.807, 2.05) is 45.0 Å². The van der Waals surface area contributed by atoms with Crippen molar-refractivity contribution in [2.45, 2.75) is 33.7 Å². The third-order valence-electron chi connectivity index (χ3n) is 5.69. The number of anilines is 1. The first kappa shape index (κ1) is 22.3. The Balaban J connectivity index is 1.58. The zero-order valence-corrected chi connectivity index (χ0v) is 19.2. The van der Waals surface area contributed by atoms with Gasteiger partial charge in [-0.15, -0.1) is 0 Å². The van der Waals surface area contributed by atoms with Gasteiger partial charge in [-0.25, -0.2) is 4.98 Å². The molecule has 33 heavy (non-hydrogen) atoms. The highest BCUT2D eigenvalue weighted by Crippen LogP contribution is 2.27. The second kappa shape index (κ2) is 9.28. The lowest BCUT2D eigenvalue weighted by molar-refractivity contribution is -0.119. The molecule has 8 heteroatoms. The zero-order chi connectivity index (χ0) is 23.5. The number of carbonyl (C=O) groups excluding carboxylic acids is 2. The van der Waals surface area contributed by atoms with Crippen molar-refractivity contribution < 1.29 is 14.0 Å². The number of amides is 2. The van der Waals surface area contributed by atoms with Gasteiger partial charge in [0.05, 0.1) is 22.9 Å². The summed E-state index contributed by atoms with van der Waals surface area (Å²) in [5.41, 5.74) is 3.98. The monoisotopic (exact) mass is 445 g/mol. The summed E-state index contributed by atoms with van der Waals surface area (Å²) < 4.78 is 7.15. The first-order valence-electron chi connectivity index (χ1n) is 10.9. The van der Waals surface area contributed by atoms with Gasteiger partial charge in [0.1, 0.15) is 5.69 Å². The highest BCUT2D eigenvalue weighted by atomic mass is 16.3. The lowest BCUT2D eigenvalue weighted by Crippen LogP contribution is -2.24. The normalized spacial score (nSPS) is 12.0. The number of aryl methyl sites for hydroxylation is 2. The third kappa shape index (κ3) is 4.64. The van der Waals surface area contributed by atoms with Gasteiger partial charge in [0.15, 0.2) is 11.4 Å². The van der Waals surface area contributed by atoms with Crippen LogP contribution in [-0.2, 0) is 18.4 Å². The lowest BCUT2D eigenvalue weighted by atomic mass is 10.1. The average molecular weight is 446 g/mol. The number of fused-ring (bicyclic) bond motifs is 1. The first-order valence-corrected chi connectivity index (χ1v) is 10.9. The molecule has 1 atom stereocenters. The van der Waals surface area contributed by atoms with E-state index in [0.717, 1.165) is 17.7 Å². The molecule has 0 aliphatic carbocycles. The standard InChI is InChI=1S/C25H27N5O3/c1-5-15(2)24(31)27-18-9-6-8-17(12-18)14-26-25(32)19-13-20(21-10-7-11-33-21)28-23-22(19)16(3)29-30(23)4/h6-13,15H,5,14H2,1-4H3,(H,26,32)(H,27,31). The number of aromatic nitrogens is 3. The summed E-state index contributed by atoms with van der Waals surface area (Å²) in [6, 6.07) is 12.8. The quantitative estimate of drug-likeness (QED) is 0.438. The summed E-state index contributed by atoms with van der Waals surface area (Å²) in [6.07, 6.45) is 2.35. The van der Waals surface area contributed by atoms with Gasteiger partial charge in [0.2, 0.25) is 5.91 Å². The van der Waals surface area contributed by atoms with E-state index in [1.165, 1.54) is 0 Å². The lowest BCUT2D eigenvalue weighted by Gasteiger charge is -2.12. The van der Waals surface area contributed by atoms with Gasteiger partial charge in [-0.1, -0.05) is 26.0 Å². The van der Waals surface area contributed by atoms with E-state index in [9.17, 15) is 9.59 Å². The van der Waals surface area contributed by atoms with Crippen molar-refractivity contribution in [3.8, 4) is 11.5 Å². The van der Waals surface area contributed by atoms with Crippen LogP contribution in [0.1, 0.15) is 41.9 Å². The maximum absolute atomic E-state index is 13.2. The molecule has 170 valence electrons. The fraction of sp³-hybridized carbons (Fsp3) is 0.280. The molecule has 3 aromatic heterocycles. The Bertz CT molecular complexity index is 1310. The molecule has 8 nitrogen and oxygen atoms in total. The first-order chi connectivity index (χ1) is 15.9. The number of pyridine rings is 1. The molecule has 0 saturated heterocycles. The molecule has 0 aliphatic heterocycles. The summed E-state index contributed by atoms with van der Waals surface area (Å²) in [5.74, 6) is 0.263. The smallest absolute Gasteiger partial charge is 0.252 e. The van der Waals surface area contributed by atoms with Crippen LogP contribution in [0, 0.1) is 12.8 Å². The van der Waals surface area contributed by atoms with Gasteiger partial charge in [-0.05, 0) is 49.2 Å². The molecule has 0 spiro atoms. The predicted octanol–water partition coefficient (Wildman–Crippen LogP) is 4.45. The largest absolute Gasteiger partial charge is 0.463 e. The third-order valence-corrected chi connectivity index (χ3v) is 5.69. The Hall–Kier alpha value is -3.94. The summed E-state index contributed by atoms with van der Waals surface area (Å²) in [4.78, 5) is 30.1. The Kier molecular flexibility index (Phi) is 6.26. The van der Waals surface area contributed by atoms with Crippen molar-refractivity contribution in [1.82, 2.24) is 20.1 Å². The molecule has 0 saturated carbocycles. The molecule has 2 N–H and O–H groups in total. The highest BCUT2D eigenvalue weighted by molar-refractivity contribution is 6.07. The number of benzene rings is 1. The van der Waals surface area contributed by atoms with Gasteiger partial charge in [-0.2, -0.15) is 5.10 Å². The molecular weight excluding hydrogens is 418 g/mol. The van der Waals surface area contributed by atoms with E-state index >= 15 is 0 Å². The number of furan rings is 1. The van der Waals surface area contributed by atoms with Gasteiger partial charge < -0.3 is 15.1 Å². The molecule has 0 fully saturated rings. The molecule has 0 radical (unpaired) electrons. The second-order valence-corrected chi connectivity index (χ2v) is 8.12. The molecule has 1 unspecified atom stereocenters. The minimum atomic E-state index is -0.236. The van der Waals surface area contributed by atoms with Crippen molar-refractivity contribution in [2.24, 2.45) is 13.0 Å². The van der Waals surface area contributed by atoms with E-state index in [2.05, 4.69) is 20.7 Å². The SMILES string of the molecule is CCC(C)C(=O)Nc1cccc(CNC(=O)c2cc(-c3ccco3)nc3c2c(C)nn3C)c1. The summed E-state index contributed by atoms with van der Waals surface area (Å²) in [6.45, 7) is 6.04. The summed E-state index contributed by atoms with van der Waals surface area (Å²) in [5, 5.41) is 11.1. The second-order valence-electron chi connectivity index (χ2n) is 8.12. The highest BCUT2D eigenvalue weighted by Gasteiger charge is 2.20. The fourth-order valence-electron chi connectivity index (χ4n) is 3.66. The number of hydrogen-bond acceptors (Lipinski definition) is 5. The van der Waals surface area contributed by atoms with Crippen LogP contribution in [0.25, 0.3) is 22.5 Å². The number of nitrogens with zero attached hydrogens (tertiary/aromatic N) is 3. The van der Waals surface area contributed by atoms with Crippen LogP contribution in [-0.4, -0.2) is 26.6 Å². The number of hydrogen-bond donors (Lipinski definition) is 2. The van der Waals surface area contributed by atoms with Crippen LogP contribution in [0.15, 0.2) is 53.1 Å². The van der Waals surface area contributed by atoms with Gasteiger partial charge in [-0.3, -0.25) is 14.3 Å². The maximum Gasteiger partial charge on any atom is 0.252 e. The van der Waals surface area contributed by atoms with Crippen LogP contribution in [0.4, 0.5) is 5.69 Å².